The van der Waals surface area contributed by atoms with E-state index in [9.17, 15) is 4.79 Å². The van der Waals surface area contributed by atoms with E-state index in [0.29, 0.717) is 5.69 Å². The third kappa shape index (κ3) is 3.09. The van der Waals surface area contributed by atoms with E-state index in [1.165, 1.54) is 0 Å². The van der Waals surface area contributed by atoms with E-state index in [2.05, 4.69) is 15.2 Å². The highest BCUT2D eigenvalue weighted by molar-refractivity contribution is 6.03. The SMILES string of the molecule is CC(C)=C(c1cn[nH]c1C)c1cc(-c2ccccn2)cc(C(N)=O)c1N. The van der Waals surface area contributed by atoms with Gasteiger partial charge in [-0.1, -0.05) is 11.6 Å². The molecule has 2 aromatic heterocycles. The zero-order valence-corrected chi connectivity index (χ0v) is 15.0. The maximum absolute atomic E-state index is 12.0. The highest BCUT2D eigenvalue weighted by atomic mass is 16.1. The van der Waals surface area contributed by atoms with Crippen LogP contribution in [0, 0.1) is 6.92 Å². The number of rotatable bonds is 4. The second-order valence-electron chi connectivity index (χ2n) is 6.35. The van der Waals surface area contributed by atoms with Crippen LogP contribution in [-0.2, 0) is 0 Å². The molecule has 2 heterocycles. The lowest BCUT2D eigenvalue weighted by Gasteiger charge is -2.17. The highest BCUT2D eigenvalue weighted by Gasteiger charge is 2.20. The number of hydrogen-bond donors (Lipinski definition) is 3. The van der Waals surface area contributed by atoms with Crippen molar-refractivity contribution < 1.29 is 4.79 Å². The number of nitrogens with zero attached hydrogens (tertiary/aromatic N) is 2. The van der Waals surface area contributed by atoms with Gasteiger partial charge in [-0.3, -0.25) is 14.9 Å². The Hall–Kier alpha value is -3.41. The number of carbonyl (C=O) groups is 1. The first-order valence-corrected chi connectivity index (χ1v) is 8.23. The number of pyridine rings is 1. The summed E-state index contributed by atoms with van der Waals surface area (Å²) in [7, 11) is 0. The van der Waals surface area contributed by atoms with Crippen molar-refractivity contribution in [3.63, 3.8) is 0 Å². The lowest BCUT2D eigenvalue weighted by Crippen LogP contribution is -2.15. The molecular formula is C20H21N5O. The molecule has 0 atom stereocenters. The van der Waals surface area contributed by atoms with Crippen LogP contribution < -0.4 is 11.5 Å². The standard InChI is InChI=1S/C20H21N5O/c1-11(2)18(16-10-24-25-12(16)3)14-8-13(17-6-4-5-7-23-17)9-15(19(14)21)20(22)26/h4-10H,21H2,1-3H3,(H2,22,26)(H,24,25). The number of anilines is 1. The monoisotopic (exact) mass is 347 g/mol. The quantitative estimate of drug-likeness (QED) is 0.629. The van der Waals surface area contributed by atoms with Gasteiger partial charge in [0, 0.05) is 28.6 Å². The Labute approximate surface area is 152 Å². The number of aromatic nitrogens is 3. The van der Waals surface area contributed by atoms with Gasteiger partial charge in [-0.2, -0.15) is 5.10 Å². The van der Waals surface area contributed by atoms with Gasteiger partial charge in [0.2, 0.25) is 0 Å². The number of primary amides is 1. The fourth-order valence-corrected chi connectivity index (χ4v) is 3.03. The van der Waals surface area contributed by atoms with Gasteiger partial charge in [0.1, 0.15) is 0 Å². The molecule has 0 fully saturated rings. The molecule has 6 heteroatoms. The molecule has 0 spiro atoms. The fourth-order valence-electron chi connectivity index (χ4n) is 3.03. The Balaban J connectivity index is 2.33. The largest absolute Gasteiger partial charge is 0.398 e. The fraction of sp³-hybridized carbons (Fsp3) is 0.150. The second kappa shape index (κ2) is 6.84. The predicted octanol–water partition coefficient (Wildman–Crippen LogP) is 3.30. The third-order valence-corrected chi connectivity index (χ3v) is 4.27. The highest BCUT2D eigenvalue weighted by Crippen LogP contribution is 2.36. The summed E-state index contributed by atoms with van der Waals surface area (Å²) in [6.45, 7) is 5.94. The van der Waals surface area contributed by atoms with Crippen LogP contribution in [-0.4, -0.2) is 21.1 Å². The summed E-state index contributed by atoms with van der Waals surface area (Å²) in [6, 6.07) is 9.25. The number of allylic oxidation sites excluding steroid dienone is 1. The molecule has 6 nitrogen and oxygen atoms in total. The average Bonchev–Trinajstić information content (AvgIpc) is 3.02. The first-order valence-electron chi connectivity index (χ1n) is 8.23. The minimum Gasteiger partial charge on any atom is -0.398 e. The van der Waals surface area contributed by atoms with Gasteiger partial charge in [-0.25, -0.2) is 0 Å². The minimum absolute atomic E-state index is 0.281. The van der Waals surface area contributed by atoms with Crippen LogP contribution in [0.5, 0.6) is 0 Å². The van der Waals surface area contributed by atoms with E-state index < -0.39 is 5.91 Å². The van der Waals surface area contributed by atoms with Crippen molar-refractivity contribution in [2.24, 2.45) is 5.73 Å². The summed E-state index contributed by atoms with van der Waals surface area (Å²) in [5.41, 5.74) is 18.7. The molecule has 0 bridgehead atoms. The Morgan fingerprint density at radius 3 is 2.38 bits per heavy atom. The van der Waals surface area contributed by atoms with E-state index in [-0.39, 0.29) is 5.56 Å². The van der Waals surface area contributed by atoms with Crippen LogP contribution in [0.15, 0.2) is 48.3 Å². The Morgan fingerprint density at radius 1 is 1.12 bits per heavy atom. The van der Waals surface area contributed by atoms with Gasteiger partial charge in [0.15, 0.2) is 0 Å². The zero-order valence-electron chi connectivity index (χ0n) is 15.0. The van der Waals surface area contributed by atoms with E-state index in [1.807, 2.05) is 45.0 Å². The Morgan fingerprint density at radius 2 is 1.85 bits per heavy atom. The molecule has 0 saturated heterocycles. The number of benzene rings is 1. The number of aromatic amines is 1. The Bertz CT molecular complexity index is 998. The normalized spacial score (nSPS) is 10.6. The first-order chi connectivity index (χ1) is 12.4. The molecule has 0 aliphatic carbocycles. The van der Waals surface area contributed by atoms with E-state index in [1.54, 1.807) is 18.5 Å². The van der Waals surface area contributed by atoms with Crippen molar-refractivity contribution in [3.05, 3.63) is 70.7 Å². The van der Waals surface area contributed by atoms with Gasteiger partial charge < -0.3 is 11.5 Å². The molecule has 0 radical (unpaired) electrons. The van der Waals surface area contributed by atoms with E-state index in [4.69, 9.17) is 11.5 Å². The zero-order chi connectivity index (χ0) is 18.8. The molecule has 1 amide bonds. The number of nitrogens with two attached hydrogens (primary N) is 2. The maximum Gasteiger partial charge on any atom is 0.250 e. The summed E-state index contributed by atoms with van der Waals surface area (Å²) in [5, 5.41) is 7.06. The van der Waals surface area contributed by atoms with Crippen LogP contribution in [0.25, 0.3) is 16.8 Å². The number of nitrogen functional groups attached to an aromatic ring is 1. The summed E-state index contributed by atoms with van der Waals surface area (Å²) in [5.74, 6) is -0.571. The summed E-state index contributed by atoms with van der Waals surface area (Å²) in [4.78, 5) is 16.4. The number of amides is 1. The molecule has 1 aromatic carbocycles. The molecule has 0 aliphatic heterocycles. The van der Waals surface area contributed by atoms with Gasteiger partial charge in [-0.05, 0) is 50.6 Å². The second-order valence-corrected chi connectivity index (χ2v) is 6.35. The van der Waals surface area contributed by atoms with Gasteiger partial charge >= 0.3 is 0 Å². The summed E-state index contributed by atoms with van der Waals surface area (Å²) in [6.07, 6.45) is 3.46. The number of nitrogens with one attached hydrogen (secondary N) is 1. The van der Waals surface area contributed by atoms with Crippen LogP contribution in [0.2, 0.25) is 0 Å². The number of carbonyl (C=O) groups excluding carboxylic acids is 1. The van der Waals surface area contributed by atoms with Crippen molar-refractivity contribution in [3.8, 4) is 11.3 Å². The minimum atomic E-state index is -0.571. The molecule has 3 aromatic rings. The van der Waals surface area contributed by atoms with Gasteiger partial charge in [0.05, 0.1) is 23.1 Å². The van der Waals surface area contributed by atoms with Gasteiger partial charge in [-0.15, -0.1) is 0 Å². The number of hydrogen-bond acceptors (Lipinski definition) is 4. The first kappa shape index (κ1) is 17.4. The van der Waals surface area contributed by atoms with Crippen LogP contribution >= 0.6 is 0 Å². The number of H-pyrrole nitrogens is 1. The van der Waals surface area contributed by atoms with Crippen LogP contribution in [0.1, 0.15) is 41.0 Å². The lowest BCUT2D eigenvalue weighted by molar-refractivity contribution is 0.100. The molecule has 132 valence electrons. The molecule has 5 N–H and O–H groups in total. The molecule has 3 rings (SSSR count). The van der Waals surface area contributed by atoms with Gasteiger partial charge in [0.25, 0.3) is 5.91 Å². The summed E-state index contributed by atoms with van der Waals surface area (Å²) >= 11 is 0. The summed E-state index contributed by atoms with van der Waals surface area (Å²) < 4.78 is 0. The Kier molecular flexibility index (Phi) is 4.58. The van der Waals surface area contributed by atoms with Crippen LogP contribution in [0.4, 0.5) is 5.69 Å². The van der Waals surface area contributed by atoms with E-state index >= 15 is 0 Å². The molecule has 0 saturated carbocycles. The van der Waals surface area contributed by atoms with Crippen molar-refractivity contribution in [2.75, 3.05) is 5.73 Å². The maximum atomic E-state index is 12.0. The molecule has 0 unspecified atom stereocenters. The van der Waals surface area contributed by atoms with Crippen molar-refractivity contribution in [1.29, 1.82) is 0 Å². The molecule has 26 heavy (non-hydrogen) atoms. The smallest absolute Gasteiger partial charge is 0.250 e. The number of aryl methyl sites for hydroxylation is 1. The van der Waals surface area contributed by atoms with Crippen molar-refractivity contribution in [2.45, 2.75) is 20.8 Å². The average molecular weight is 347 g/mol. The lowest BCUT2D eigenvalue weighted by atomic mass is 9.89. The van der Waals surface area contributed by atoms with Crippen LogP contribution in [0.3, 0.4) is 0 Å². The topological polar surface area (TPSA) is 111 Å². The molecular weight excluding hydrogens is 326 g/mol. The third-order valence-electron chi connectivity index (χ3n) is 4.27. The van der Waals surface area contributed by atoms with Crippen molar-refractivity contribution in [1.82, 2.24) is 15.2 Å². The van der Waals surface area contributed by atoms with Crippen molar-refractivity contribution >= 4 is 17.2 Å². The molecule has 0 aliphatic rings. The predicted molar refractivity (Wildman–Crippen MR) is 103 cm³/mol. The van der Waals surface area contributed by atoms with E-state index in [0.717, 1.165) is 39.2 Å².